The maximum atomic E-state index is 12.4. The zero-order valence-corrected chi connectivity index (χ0v) is 16.1. The molecule has 0 radical (unpaired) electrons. The average Bonchev–Trinajstić information content (AvgIpc) is 3.12. The van der Waals surface area contributed by atoms with Crippen molar-refractivity contribution in [3.63, 3.8) is 0 Å². The number of oxazole rings is 1. The van der Waals surface area contributed by atoms with Crippen LogP contribution >= 0.6 is 0 Å². The van der Waals surface area contributed by atoms with Gasteiger partial charge in [-0.25, -0.2) is 4.79 Å². The van der Waals surface area contributed by atoms with Crippen LogP contribution in [-0.2, 0) is 4.79 Å². The van der Waals surface area contributed by atoms with Crippen molar-refractivity contribution in [3.05, 3.63) is 58.6 Å². The summed E-state index contributed by atoms with van der Waals surface area (Å²) in [5.74, 6) is -0.944. The first-order valence-corrected chi connectivity index (χ1v) is 9.89. The lowest BCUT2D eigenvalue weighted by molar-refractivity contribution is -0.116. The molecular formula is C22H23N3O4. The summed E-state index contributed by atoms with van der Waals surface area (Å²) in [4.78, 5) is 40.7. The highest BCUT2D eigenvalue weighted by molar-refractivity contribution is 6.01. The highest BCUT2D eigenvalue weighted by Crippen LogP contribution is 2.22. The van der Waals surface area contributed by atoms with Gasteiger partial charge < -0.3 is 14.6 Å². The molecule has 1 saturated heterocycles. The minimum absolute atomic E-state index is 0.0812. The summed E-state index contributed by atoms with van der Waals surface area (Å²) in [6, 6.07) is 12.6. The molecule has 0 atom stereocenters. The van der Waals surface area contributed by atoms with E-state index in [0.717, 1.165) is 18.8 Å². The van der Waals surface area contributed by atoms with Gasteiger partial charge in [0.25, 0.3) is 0 Å². The maximum absolute atomic E-state index is 12.4. The first-order chi connectivity index (χ1) is 14.1. The number of aromatic amines is 1. The largest absolute Gasteiger partial charge is 0.417 e. The summed E-state index contributed by atoms with van der Waals surface area (Å²) in [5, 5.41) is 2.84. The van der Waals surface area contributed by atoms with E-state index in [-0.39, 0.29) is 24.5 Å². The zero-order valence-electron chi connectivity index (χ0n) is 16.1. The number of hydrogen-bond acceptors (Lipinski definition) is 5. The third-order valence-electron chi connectivity index (χ3n) is 5.19. The Hall–Kier alpha value is -3.35. The molecule has 150 valence electrons. The van der Waals surface area contributed by atoms with Crippen LogP contribution in [0, 0.1) is 0 Å². The van der Waals surface area contributed by atoms with Gasteiger partial charge >= 0.3 is 5.76 Å². The van der Waals surface area contributed by atoms with Gasteiger partial charge in [-0.2, -0.15) is 0 Å². The Morgan fingerprint density at radius 2 is 1.76 bits per heavy atom. The molecule has 2 heterocycles. The van der Waals surface area contributed by atoms with E-state index in [1.54, 1.807) is 12.1 Å². The molecule has 29 heavy (non-hydrogen) atoms. The molecule has 2 N–H and O–H groups in total. The van der Waals surface area contributed by atoms with Crippen LogP contribution in [0.4, 0.5) is 11.4 Å². The smallest absolute Gasteiger partial charge is 0.408 e. The van der Waals surface area contributed by atoms with Crippen molar-refractivity contribution in [2.75, 3.05) is 23.3 Å². The highest BCUT2D eigenvalue weighted by Gasteiger charge is 2.13. The molecule has 1 amide bonds. The van der Waals surface area contributed by atoms with Crippen LogP contribution in [0.3, 0.4) is 0 Å². The summed E-state index contributed by atoms with van der Waals surface area (Å²) in [6.07, 6.45) is 3.89. The van der Waals surface area contributed by atoms with Crippen molar-refractivity contribution in [2.24, 2.45) is 0 Å². The first-order valence-electron chi connectivity index (χ1n) is 9.89. The predicted octanol–water partition coefficient (Wildman–Crippen LogP) is 3.71. The lowest BCUT2D eigenvalue weighted by atomic mass is 10.1. The Bertz CT molecular complexity index is 1080. The van der Waals surface area contributed by atoms with Crippen molar-refractivity contribution in [1.29, 1.82) is 0 Å². The molecule has 1 aliphatic heterocycles. The van der Waals surface area contributed by atoms with Gasteiger partial charge in [-0.15, -0.1) is 0 Å². The molecule has 0 unspecified atom stereocenters. The number of nitrogens with one attached hydrogen (secondary N) is 2. The number of piperidine rings is 1. The van der Waals surface area contributed by atoms with Crippen molar-refractivity contribution >= 4 is 34.2 Å². The zero-order chi connectivity index (χ0) is 20.2. The molecule has 0 aliphatic carbocycles. The van der Waals surface area contributed by atoms with Crippen molar-refractivity contribution in [3.8, 4) is 0 Å². The molecule has 4 rings (SSSR count). The molecule has 7 heteroatoms. The second-order valence-corrected chi connectivity index (χ2v) is 7.29. The quantitative estimate of drug-likeness (QED) is 0.623. The Balaban J connectivity index is 1.30. The molecule has 1 aliphatic rings. The molecular weight excluding hydrogens is 370 g/mol. The predicted molar refractivity (Wildman–Crippen MR) is 112 cm³/mol. The van der Waals surface area contributed by atoms with E-state index in [9.17, 15) is 14.4 Å². The van der Waals surface area contributed by atoms with E-state index in [1.165, 1.54) is 31.0 Å². The fourth-order valence-corrected chi connectivity index (χ4v) is 3.62. The number of carbonyl (C=O) groups is 2. The second kappa shape index (κ2) is 8.34. The van der Waals surface area contributed by atoms with E-state index < -0.39 is 5.76 Å². The van der Waals surface area contributed by atoms with Gasteiger partial charge in [0.1, 0.15) is 0 Å². The van der Waals surface area contributed by atoms with E-state index in [0.29, 0.717) is 16.7 Å². The number of anilines is 2. The molecule has 1 fully saturated rings. The highest BCUT2D eigenvalue weighted by atomic mass is 16.4. The SMILES string of the molecule is O=C(CCC(=O)c1ccc2[nH]c(=O)oc2c1)Nc1ccc(N2CCCCC2)cc1. The van der Waals surface area contributed by atoms with Crippen LogP contribution < -0.4 is 16.0 Å². The minimum atomic E-state index is -0.560. The van der Waals surface area contributed by atoms with E-state index in [1.807, 2.05) is 24.3 Å². The number of carbonyl (C=O) groups excluding carboxylic acids is 2. The number of nitrogens with zero attached hydrogens (tertiary/aromatic N) is 1. The van der Waals surface area contributed by atoms with Crippen molar-refractivity contribution < 1.29 is 14.0 Å². The van der Waals surface area contributed by atoms with Gasteiger partial charge in [-0.1, -0.05) is 0 Å². The van der Waals surface area contributed by atoms with E-state index >= 15 is 0 Å². The summed E-state index contributed by atoms with van der Waals surface area (Å²) < 4.78 is 4.97. The molecule has 0 spiro atoms. The van der Waals surface area contributed by atoms with Crippen LogP contribution in [0.25, 0.3) is 11.1 Å². The summed E-state index contributed by atoms with van der Waals surface area (Å²) >= 11 is 0. The third kappa shape index (κ3) is 4.56. The van der Waals surface area contributed by atoms with Crippen molar-refractivity contribution in [1.82, 2.24) is 4.98 Å². The lowest BCUT2D eigenvalue weighted by Gasteiger charge is -2.28. The van der Waals surface area contributed by atoms with Crippen LogP contribution in [0.1, 0.15) is 42.5 Å². The number of amides is 1. The third-order valence-corrected chi connectivity index (χ3v) is 5.19. The molecule has 0 saturated carbocycles. The summed E-state index contributed by atoms with van der Waals surface area (Å²) in [5.41, 5.74) is 3.18. The van der Waals surface area contributed by atoms with Crippen LogP contribution in [-0.4, -0.2) is 29.8 Å². The van der Waals surface area contributed by atoms with Gasteiger partial charge in [0.2, 0.25) is 5.91 Å². The van der Waals surface area contributed by atoms with E-state index in [4.69, 9.17) is 4.42 Å². The lowest BCUT2D eigenvalue weighted by Crippen LogP contribution is -2.29. The summed E-state index contributed by atoms with van der Waals surface area (Å²) in [6.45, 7) is 2.15. The number of benzene rings is 2. The molecule has 7 nitrogen and oxygen atoms in total. The Morgan fingerprint density at radius 3 is 2.52 bits per heavy atom. The molecule has 2 aromatic carbocycles. The molecule has 1 aromatic heterocycles. The number of H-pyrrole nitrogens is 1. The van der Waals surface area contributed by atoms with Gasteiger partial charge in [0.05, 0.1) is 5.52 Å². The van der Waals surface area contributed by atoms with Gasteiger partial charge in [0.15, 0.2) is 11.4 Å². The topological polar surface area (TPSA) is 95.4 Å². The van der Waals surface area contributed by atoms with Crippen LogP contribution in [0.2, 0.25) is 0 Å². The first kappa shape index (κ1) is 19.0. The Kier molecular flexibility index (Phi) is 5.46. The molecule has 0 bridgehead atoms. The van der Waals surface area contributed by atoms with Gasteiger partial charge in [-0.3, -0.25) is 14.6 Å². The molecule has 3 aromatic rings. The monoisotopic (exact) mass is 393 g/mol. The maximum Gasteiger partial charge on any atom is 0.417 e. The number of hydrogen-bond donors (Lipinski definition) is 2. The Morgan fingerprint density at radius 1 is 1.00 bits per heavy atom. The fraction of sp³-hybridized carbons (Fsp3) is 0.318. The fourth-order valence-electron chi connectivity index (χ4n) is 3.62. The number of aromatic nitrogens is 1. The van der Waals surface area contributed by atoms with Crippen molar-refractivity contribution in [2.45, 2.75) is 32.1 Å². The second-order valence-electron chi connectivity index (χ2n) is 7.29. The van der Waals surface area contributed by atoms with E-state index in [2.05, 4.69) is 15.2 Å². The number of ketones is 1. The standard InChI is InChI=1S/C22H23N3O4/c26-19(15-4-9-18-20(14-15)29-22(28)24-18)10-11-21(27)23-16-5-7-17(8-6-16)25-12-2-1-3-13-25/h4-9,14H,1-3,10-13H2,(H,23,27)(H,24,28). The number of fused-ring (bicyclic) bond motifs is 1. The van der Waals surface area contributed by atoms with Crippen LogP contribution in [0.15, 0.2) is 51.7 Å². The Labute approximate surface area is 167 Å². The average molecular weight is 393 g/mol. The van der Waals surface area contributed by atoms with Gasteiger partial charge in [-0.05, 0) is 61.7 Å². The summed E-state index contributed by atoms with van der Waals surface area (Å²) in [7, 11) is 0. The number of rotatable bonds is 6. The normalized spacial score (nSPS) is 14.1. The van der Waals surface area contributed by atoms with Gasteiger partial charge in [0, 0.05) is 42.9 Å². The van der Waals surface area contributed by atoms with Crippen LogP contribution in [0.5, 0.6) is 0 Å². The minimum Gasteiger partial charge on any atom is -0.408 e. The number of Topliss-reactive ketones (excluding diaryl/α,β-unsaturated/α-hetero) is 1.